The Balaban J connectivity index is 0.00000261. The zero-order valence-electron chi connectivity index (χ0n) is 15.8. The molecule has 0 aliphatic heterocycles. The van der Waals surface area contributed by atoms with E-state index in [1.807, 2.05) is 35.7 Å². The Kier molecular flexibility index (Phi) is 7.83. The minimum Gasteiger partial charge on any atom is -0.496 e. The highest BCUT2D eigenvalue weighted by atomic mass is 127. The quantitative estimate of drug-likeness (QED) is 0.322. The lowest BCUT2D eigenvalue weighted by Crippen LogP contribution is -2.38. The molecule has 2 aromatic heterocycles. The number of benzene rings is 1. The molecular formula is C19H25IN6O. The summed E-state index contributed by atoms with van der Waals surface area (Å²) in [6, 6.07) is 12.1. The maximum absolute atomic E-state index is 5.38. The molecule has 1 aromatic carbocycles. The number of rotatable bonds is 6. The van der Waals surface area contributed by atoms with Crippen LogP contribution in [0.5, 0.6) is 5.75 Å². The van der Waals surface area contributed by atoms with Crippen molar-refractivity contribution < 1.29 is 4.74 Å². The molecule has 0 amide bonds. The highest BCUT2D eigenvalue weighted by molar-refractivity contribution is 14.0. The van der Waals surface area contributed by atoms with Crippen molar-refractivity contribution in [3.63, 3.8) is 0 Å². The average Bonchev–Trinajstić information content (AvgIpc) is 3.09. The first-order valence-electron chi connectivity index (χ1n) is 8.58. The molecule has 8 heteroatoms. The van der Waals surface area contributed by atoms with Crippen molar-refractivity contribution in [2.24, 2.45) is 4.99 Å². The van der Waals surface area contributed by atoms with Gasteiger partial charge in [0.05, 0.1) is 13.7 Å². The van der Waals surface area contributed by atoms with Crippen molar-refractivity contribution >= 4 is 35.6 Å². The van der Waals surface area contributed by atoms with Gasteiger partial charge in [-0.1, -0.05) is 18.2 Å². The third kappa shape index (κ3) is 5.31. The second kappa shape index (κ2) is 10.1. The van der Waals surface area contributed by atoms with Crippen LogP contribution in [0.1, 0.15) is 17.0 Å². The fourth-order valence-electron chi connectivity index (χ4n) is 2.74. The minimum atomic E-state index is 0. The predicted molar refractivity (Wildman–Crippen MR) is 118 cm³/mol. The van der Waals surface area contributed by atoms with E-state index in [0.29, 0.717) is 6.54 Å². The number of ether oxygens (including phenoxy) is 1. The lowest BCUT2D eigenvalue weighted by Gasteiger charge is -2.12. The summed E-state index contributed by atoms with van der Waals surface area (Å²) in [4.78, 5) is 4.26. The van der Waals surface area contributed by atoms with Crippen molar-refractivity contribution in [3.8, 4) is 5.75 Å². The Hall–Kier alpha value is -2.36. The van der Waals surface area contributed by atoms with E-state index in [4.69, 9.17) is 4.74 Å². The van der Waals surface area contributed by atoms with Crippen LogP contribution in [0.25, 0.3) is 5.65 Å². The summed E-state index contributed by atoms with van der Waals surface area (Å²) in [5.74, 6) is 2.49. The number of fused-ring (bicyclic) bond motifs is 1. The molecule has 0 aliphatic rings. The summed E-state index contributed by atoms with van der Waals surface area (Å²) in [5.41, 5.74) is 3.20. The number of pyridine rings is 1. The highest BCUT2D eigenvalue weighted by Gasteiger charge is 2.06. The first kappa shape index (κ1) is 20.9. The van der Waals surface area contributed by atoms with Gasteiger partial charge < -0.3 is 15.4 Å². The van der Waals surface area contributed by atoms with Crippen molar-refractivity contribution in [1.29, 1.82) is 0 Å². The summed E-state index contributed by atoms with van der Waals surface area (Å²) < 4.78 is 7.33. The zero-order chi connectivity index (χ0) is 18.4. The second-order valence-electron chi connectivity index (χ2n) is 5.95. The topological polar surface area (TPSA) is 75.8 Å². The van der Waals surface area contributed by atoms with Gasteiger partial charge in [-0.3, -0.25) is 9.39 Å². The van der Waals surface area contributed by atoms with Crippen LogP contribution in [0, 0.1) is 6.92 Å². The molecular weight excluding hydrogens is 455 g/mol. The minimum absolute atomic E-state index is 0. The Labute approximate surface area is 176 Å². The lowest BCUT2D eigenvalue weighted by molar-refractivity contribution is 0.411. The van der Waals surface area contributed by atoms with Gasteiger partial charge >= 0.3 is 0 Å². The largest absolute Gasteiger partial charge is 0.496 e. The monoisotopic (exact) mass is 480 g/mol. The first-order chi connectivity index (χ1) is 12.7. The van der Waals surface area contributed by atoms with E-state index in [9.17, 15) is 0 Å². The van der Waals surface area contributed by atoms with E-state index in [-0.39, 0.29) is 24.0 Å². The maximum atomic E-state index is 5.38. The van der Waals surface area contributed by atoms with Gasteiger partial charge in [0.2, 0.25) is 0 Å². The first-order valence-corrected chi connectivity index (χ1v) is 8.58. The summed E-state index contributed by atoms with van der Waals surface area (Å²) in [6.45, 7) is 3.36. The van der Waals surface area contributed by atoms with Crippen LogP contribution in [0.2, 0.25) is 0 Å². The van der Waals surface area contributed by atoms with E-state index in [2.05, 4.69) is 44.0 Å². The SMILES string of the molecule is CN=C(NCCc1ccc(C)c(OC)c1)NCc1nnc2ccccn12.I. The number of hydrogen-bond donors (Lipinski definition) is 2. The van der Waals surface area contributed by atoms with Gasteiger partial charge in [-0.05, 0) is 42.7 Å². The highest BCUT2D eigenvalue weighted by Crippen LogP contribution is 2.18. The molecule has 7 nitrogen and oxygen atoms in total. The number of nitrogens with zero attached hydrogens (tertiary/aromatic N) is 4. The van der Waals surface area contributed by atoms with Gasteiger partial charge in [0, 0.05) is 19.8 Å². The molecule has 0 saturated carbocycles. The van der Waals surface area contributed by atoms with Crippen molar-refractivity contribution in [1.82, 2.24) is 25.2 Å². The number of aromatic nitrogens is 3. The molecule has 2 heterocycles. The van der Waals surface area contributed by atoms with Gasteiger partial charge in [-0.15, -0.1) is 34.2 Å². The fourth-order valence-corrected chi connectivity index (χ4v) is 2.74. The molecule has 0 atom stereocenters. The molecule has 3 rings (SSSR count). The second-order valence-corrected chi connectivity index (χ2v) is 5.95. The van der Waals surface area contributed by atoms with Gasteiger partial charge in [-0.25, -0.2) is 0 Å². The normalized spacial score (nSPS) is 11.1. The molecule has 0 bridgehead atoms. The maximum Gasteiger partial charge on any atom is 0.191 e. The van der Waals surface area contributed by atoms with Crippen LogP contribution in [0.3, 0.4) is 0 Å². The van der Waals surface area contributed by atoms with Gasteiger partial charge in [-0.2, -0.15) is 0 Å². The molecule has 0 unspecified atom stereocenters. The van der Waals surface area contributed by atoms with E-state index < -0.39 is 0 Å². The van der Waals surface area contributed by atoms with E-state index in [0.717, 1.165) is 41.7 Å². The lowest BCUT2D eigenvalue weighted by atomic mass is 10.1. The van der Waals surface area contributed by atoms with Crippen LogP contribution in [0.15, 0.2) is 47.6 Å². The van der Waals surface area contributed by atoms with E-state index >= 15 is 0 Å². The third-order valence-corrected chi connectivity index (χ3v) is 4.20. The zero-order valence-corrected chi connectivity index (χ0v) is 18.1. The predicted octanol–water partition coefficient (Wildman–Crippen LogP) is 2.57. The number of hydrogen-bond acceptors (Lipinski definition) is 4. The smallest absolute Gasteiger partial charge is 0.191 e. The Morgan fingerprint density at radius 3 is 2.81 bits per heavy atom. The van der Waals surface area contributed by atoms with E-state index in [1.54, 1.807) is 14.2 Å². The van der Waals surface area contributed by atoms with Gasteiger partial charge in [0.1, 0.15) is 5.75 Å². The van der Waals surface area contributed by atoms with Crippen LogP contribution in [0.4, 0.5) is 0 Å². The Bertz CT molecular complexity index is 908. The number of methoxy groups -OCH3 is 1. The average molecular weight is 480 g/mol. The summed E-state index contributed by atoms with van der Waals surface area (Å²) >= 11 is 0. The van der Waals surface area contributed by atoms with Crippen LogP contribution in [-0.2, 0) is 13.0 Å². The standard InChI is InChI=1S/C19H24N6O.HI/c1-14-7-8-15(12-16(14)26-3)9-10-21-19(20-2)22-13-18-24-23-17-6-4-5-11-25(17)18;/h4-8,11-12H,9-10,13H2,1-3H3,(H2,20,21,22);1H. The Morgan fingerprint density at radius 2 is 2.04 bits per heavy atom. The van der Waals surface area contributed by atoms with Crippen LogP contribution in [-0.4, -0.2) is 41.3 Å². The van der Waals surface area contributed by atoms with Gasteiger partial charge in [0.15, 0.2) is 17.4 Å². The number of nitrogens with one attached hydrogen (secondary N) is 2. The molecule has 144 valence electrons. The summed E-state index contributed by atoms with van der Waals surface area (Å²) in [5, 5.41) is 15.0. The number of aliphatic imine (C=N–C) groups is 1. The third-order valence-electron chi connectivity index (χ3n) is 4.20. The molecule has 3 aromatic rings. The summed E-state index contributed by atoms with van der Waals surface area (Å²) in [7, 11) is 3.45. The van der Waals surface area contributed by atoms with Gasteiger partial charge in [0.25, 0.3) is 0 Å². The van der Waals surface area contributed by atoms with E-state index in [1.165, 1.54) is 5.56 Å². The molecule has 0 radical (unpaired) electrons. The van der Waals surface area contributed by atoms with Crippen LogP contribution < -0.4 is 15.4 Å². The van der Waals surface area contributed by atoms with Crippen molar-refractivity contribution in [2.45, 2.75) is 19.9 Å². The number of guanidine groups is 1. The summed E-state index contributed by atoms with van der Waals surface area (Å²) in [6.07, 6.45) is 2.83. The number of aryl methyl sites for hydroxylation is 1. The molecule has 0 spiro atoms. The fraction of sp³-hybridized carbons (Fsp3) is 0.316. The van der Waals surface area contributed by atoms with Crippen LogP contribution >= 0.6 is 24.0 Å². The molecule has 0 aliphatic carbocycles. The number of halogens is 1. The Morgan fingerprint density at radius 1 is 1.19 bits per heavy atom. The molecule has 0 fully saturated rings. The van der Waals surface area contributed by atoms with Crippen molar-refractivity contribution in [3.05, 3.63) is 59.5 Å². The molecule has 27 heavy (non-hydrogen) atoms. The molecule has 2 N–H and O–H groups in total. The molecule has 0 saturated heterocycles. The van der Waals surface area contributed by atoms with Crippen molar-refractivity contribution in [2.75, 3.05) is 20.7 Å².